The SMILES string of the molecule is CCn1c(SCC(=O)Nc2c(C)n(C)n(-c3ccccc3)c2=O)nnc1C(C)Oc1ccccc1. The molecule has 2 aromatic carbocycles. The Hall–Kier alpha value is -3.79. The lowest BCUT2D eigenvalue weighted by molar-refractivity contribution is -0.113. The molecule has 0 aliphatic heterocycles. The maximum absolute atomic E-state index is 13.0. The normalized spacial score (nSPS) is 11.9. The van der Waals surface area contributed by atoms with E-state index >= 15 is 0 Å². The van der Waals surface area contributed by atoms with Crippen LogP contribution in [0.5, 0.6) is 5.75 Å². The van der Waals surface area contributed by atoms with Crippen LogP contribution in [-0.2, 0) is 18.4 Å². The molecule has 0 aliphatic carbocycles. The molecule has 10 heteroatoms. The standard InChI is InChI=1S/C25H28N6O3S/c1-5-30-23(18(3)34-20-14-10-7-11-15-20)27-28-25(30)35-16-21(32)26-22-17(2)29(4)31(24(22)33)19-12-8-6-9-13-19/h6-15,18H,5,16H2,1-4H3,(H,26,32). The number of hydrogen-bond donors (Lipinski definition) is 1. The van der Waals surface area contributed by atoms with Gasteiger partial charge in [0.25, 0.3) is 5.56 Å². The summed E-state index contributed by atoms with van der Waals surface area (Å²) in [5.41, 5.74) is 1.39. The topological polar surface area (TPSA) is 96.0 Å². The molecule has 4 aromatic rings. The van der Waals surface area contributed by atoms with Gasteiger partial charge in [0.1, 0.15) is 11.4 Å². The van der Waals surface area contributed by atoms with E-state index in [-0.39, 0.29) is 29.0 Å². The molecule has 1 atom stereocenters. The van der Waals surface area contributed by atoms with Crippen LogP contribution in [0.15, 0.2) is 70.6 Å². The summed E-state index contributed by atoms with van der Waals surface area (Å²) in [4.78, 5) is 25.8. The van der Waals surface area contributed by atoms with Crippen molar-refractivity contribution in [1.29, 1.82) is 0 Å². The first-order chi connectivity index (χ1) is 16.9. The van der Waals surface area contributed by atoms with Crippen molar-refractivity contribution in [1.82, 2.24) is 24.1 Å². The molecule has 182 valence electrons. The molecule has 0 fully saturated rings. The van der Waals surface area contributed by atoms with E-state index in [2.05, 4.69) is 15.5 Å². The van der Waals surface area contributed by atoms with Gasteiger partial charge in [-0.25, -0.2) is 4.68 Å². The number of rotatable bonds is 9. The maximum Gasteiger partial charge on any atom is 0.295 e. The Morgan fingerprint density at radius 2 is 1.74 bits per heavy atom. The molecule has 0 saturated carbocycles. The number of aromatic nitrogens is 5. The first-order valence-electron chi connectivity index (χ1n) is 11.3. The highest BCUT2D eigenvalue weighted by atomic mass is 32.2. The van der Waals surface area contributed by atoms with E-state index in [9.17, 15) is 9.59 Å². The fourth-order valence-electron chi connectivity index (χ4n) is 3.78. The third-order valence-electron chi connectivity index (χ3n) is 5.63. The van der Waals surface area contributed by atoms with Crippen molar-refractivity contribution >= 4 is 23.4 Å². The van der Waals surface area contributed by atoms with Crippen molar-refractivity contribution < 1.29 is 9.53 Å². The summed E-state index contributed by atoms with van der Waals surface area (Å²) in [5, 5.41) is 12.0. The van der Waals surface area contributed by atoms with E-state index < -0.39 is 0 Å². The van der Waals surface area contributed by atoms with E-state index in [1.165, 1.54) is 16.4 Å². The molecular weight excluding hydrogens is 464 g/mol. The van der Waals surface area contributed by atoms with Gasteiger partial charge in [-0.05, 0) is 45.0 Å². The quantitative estimate of drug-likeness (QED) is 0.355. The van der Waals surface area contributed by atoms with Gasteiger partial charge in [0.05, 0.1) is 17.1 Å². The Balaban J connectivity index is 1.45. The summed E-state index contributed by atoms with van der Waals surface area (Å²) in [6, 6.07) is 18.8. The molecular formula is C25H28N6O3S. The highest BCUT2D eigenvalue weighted by Crippen LogP contribution is 2.24. The lowest BCUT2D eigenvalue weighted by Gasteiger charge is -2.15. The second-order valence-corrected chi connectivity index (χ2v) is 8.87. The molecule has 0 saturated heterocycles. The fraction of sp³-hybridized carbons (Fsp3) is 0.280. The van der Waals surface area contributed by atoms with Crippen LogP contribution in [0.1, 0.15) is 31.5 Å². The van der Waals surface area contributed by atoms with Crippen LogP contribution in [0.25, 0.3) is 5.69 Å². The number of carbonyl (C=O) groups excluding carboxylic acids is 1. The zero-order valence-corrected chi connectivity index (χ0v) is 21.0. The minimum absolute atomic E-state index is 0.0885. The molecule has 0 radical (unpaired) electrons. The van der Waals surface area contributed by atoms with E-state index in [4.69, 9.17) is 4.74 Å². The maximum atomic E-state index is 13.0. The third kappa shape index (κ3) is 5.17. The number of ether oxygens (including phenoxy) is 1. The molecule has 1 N–H and O–H groups in total. The summed E-state index contributed by atoms with van der Waals surface area (Å²) in [7, 11) is 1.79. The number of amides is 1. The minimum Gasteiger partial charge on any atom is -0.483 e. The van der Waals surface area contributed by atoms with Gasteiger partial charge in [-0.3, -0.25) is 14.3 Å². The second-order valence-electron chi connectivity index (χ2n) is 7.93. The first-order valence-corrected chi connectivity index (χ1v) is 12.3. The summed E-state index contributed by atoms with van der Waals surface area (Å²) in [5.74, 6) is 1.23. The summed E-state index contributed by atoms with van der Waals surface area (Å²) >= 11 is 1.27. The van der Waals surface area contributed by atoms with Crippen LogP contribution in [-0.4, -0.2) is 35.8 Å². The molecule has 1 amide bonds. The van der Waals surface area contributed by atoms with Crippen LogP contribution in [0.2, 0.25) is 0 Å². The van der Waals surface area contributed by atoms with Crippen molar-refractivity contribution in [2.45, 2.75) is 38.6 Å². The van der Waals surface area contributed by atoms with Crippen LogP contribution in [0, 0.1) is 6.92 Å². The highest BCUT2D eigenvalue weighted by Gasteiger charge is 2.21. The van der Waals surface area contributed by atoms with Crippen molar-refractivity contribution in [3.8, 4) is 11.4 Å². The van der Waals surface area contributed by atoms with Crippen LogP contribution in [0.3, 0.4) is 0 Å². The Kier molecular flexibility index (Phi) is 7.40. The Morgan fingerprint density at radius 1 is 1.09 bits per heavy atom. The lowest BCUT2D eigenvalue weighted by Crippen LogP contribution is -2.23. The van der Waals surface area contributed by atoms with Crippen molar-refractivity contribution in [3.63, 3.8) is 0 Å². The van der Waals surface area contributed by atoms with E-state index in [0.717, 1.165) is 11.4 Å². The molecule has 2 heterocycles. The van der Waals surface area contributed by atoms with Gasteiger partial charge in [0.2, 0.25) is 5.91 Å². The van der Waals surface area contributed by atoms with E-state index in [0.29, 0.717) is 23.2 Å². The van der Waals surface area contributed by atoms with Gasteiger partial charge in [0.15, 0.2) is 17.1 Å². The number of nitrogens with zero attached hydrogens (tertiary/aromatic N) is 5. The number of carbonyl (C=O) groups is 1. The molecule has 0 spiro atoms. The van der Waals surface area contributed by atoms with Gasteiger partial charge < -0.3 is 14.6 Å². The third-order valence-corrected chi connectivity index (χ3v) is 6.60. The van der Waals surface area contributed by atoms with Crippen molar-refractivity contribution in [2.24, 2.45) is 7.05 Å². The summed E-state index contributed by atoms with van der Waals surface area (Å²) in [6.45, 7) is 6.35. The Labute approximate surface area is 207 Å². The lowest BCUT2D eigenvalue weighted by atomic mass is 10.3. The second kappa shape index (κ2) is 10.6. The number of hydrogen-bond acceptors (Lipinski definition) is 6. The smallest absolute Gasteiger partial charge is 0.295 e. The predicted octanol–water partition coefficient (Wildman–Crippen LogP) is 3.97. The van der Waals surface area contributed by atoms with Crippen LogP contribution < -0.4 is 15.6 Å². The minimum atomic E-state index is -0.309. The average Bonchev–Trinajstić information content (AvgIpc) is 3.38. The van der Waals surface area contributed by atoms with E-state index in [1.54, 1.807) is 18.7 Å². The number of nitrogens with one attached hydrogen (secondary N) is 1. The van der Waals surface area contributed by atoms with Gasteiger partial charge in [-0.2, -0.15) is 0 Å². The molecule has 35 heavy (non-hydrogen) atoms. The summed E-state index contributed by atoms with van der Waals surface area (Å²) in [6.07, 6.45) is -0.309. The van der Waals surface area contributed by atoms with E-state index in [1.807, 2.05) is 79.1 Å². The summed E-state index contributed by atoms with van der Waals surface area (Å²) < 4.78 is 11.2. The van der Waals surface area contributed by atoms with Gasteiger partial charge in [-0.15, -0.1) is 10.2 Å². The highest BCUT2D eigenvalue weighted by molar-refractivity contribution is 7.99. The molecule has 0 bridgehead atoms. The van der Waals surface area contributed by atoms with Crippen molar-refractivity contribution in [2.75, 3.05) is 11.1 Å². The average molecular weight is 493 g/mol. The monoisotopic (exact) mass is 492 g/mol. The molecule has 2 aromatic heterocycles. The molecule has 0 aliphatic rings. The van der Waals surface area contributed by atoms with Crippen molar-refractivity contribution in [3.05, 3.63) is 82.5 Å². The number of anilines is 1. The number of thioether (sulfide) groups is 1. The van der Waals surface area contributed by atoms with Crippen LogP contribution in [0.4, 0.5) is 5.69 Å². The van der Waals surface area contributed by atoms with Crippen LogP contribution >= 0.6 is 11.8 Å². The molecule has 1 unspecified atom stereocenters. The number of para-hydroxylation sites is 2. The molecule has 9 nitrogen and oxygen atoms in total. The Morgan fingerprint density at radius 3 is 2.40 bits per heavy atom. The van der Waals surface area contributed by atoms with Gasteiger partial charge >= 0.3 is 0 Å². The predicted molar refractivity (Wildman–Crippen MR) is 136 cm³/mol. The largest absolute Gasteiger partial charge is 0.483 e. The molecule has 4 rings (SSSR count). The number of benzene rings is 2. The Bertz CT molecular complexity index is 1360. The van der Waals surface area contributed by atoms with Gasteiger partial charge in [0, 0.05) is 13.6 Å². The van der Waals surface area contributed by atoms with Gasteiger partial charge in [-0.1, -0.05) is 48.2 Å². The fourth-order valence-corrected chi connectivity index (χ4v) is 4.59. The first kappa shape index (κ1) is 24.3. The zero-order valence-electron chi connectivity index (χ0n) is 20.1. The zero-order chi connectivity index (χ0) is 24.9.